The molecule has 3 heterocycles. The van der Waals surface area contributed by atoms with Crippen molar-refractivity contribution in [3.8, 4) is 11.4 Å². The van der Waals surface area contributed by atoms with Crippen LogP contribution < -0.4 is 10.6 Å². The van der Waals surface area contributed by atoms with Gasteiger partial charge in [-0.2, -0.15) is 15.0 Å². The lowest BCUT2D eigenvalue weighted by Crippen LogP contribution is -2.21. The van der Waals surface area contributed by atoms with Crippen molar-refractivity contribution >= 4 is 17.6 Å². The quantitative estimate of drug-likeness (QED) is 0.742. The summed E-state index contributed by atoms with van der Waals surface area (Å²) in [5.74, 6) is 1.65. The monoisotopic (exact) mass is 334 g/mol. The average Bonchev–Trinajstić information content (AvgIpc) is 3.16. The molecule has 1 saturated heterocycles. The fraction of sp³-hybridized carbons (Fsp3) is 0.222. The van der Waals surface area contributed by atoms with E-state index in [2.05, 4.69) is 30.6 Å². The number of anilines is 3. The first kappa shape index (κ1) is 15.5. The summed E-state index contributed by atoms with van der Waals surface area (Å²) >= 11 is 0. The van der Waals surface area contributed by atoms with Crippen molar-refractivity contribution < 1.29 is 4.74 Å². The van der Waals surface area contributed by atoms with Crippen LogP contribution in [0.3, 0.4) is 0 Å². The number of pyridine rings is 1. The van der Waals surface area contributed by atoms with Gasteiger partial charge in [-0.15, -0.1) is 0 Å². The molecule has 1 unspecified atom stereocenters. The number of aromatic nitrogens is 4. The van der Waals surface area contributed by atoms with Crippen LogP contribution in [0, 0.1) is 0 Å². The van der Waals surface area contributed by atoms with E-state index in [1.54, 1.807) is 12.4 Å². The van der Waals surface area contributed by atoms with Crippen LogP contribution in [0.2, 0.25) is 0 Å². The van der Waals surface area contributed by atoms with E-state index >= 15 is 0 Å². The van der Waals surface area contributed by atoms with Gasteiger partial charge in [-0.05, 0) is 18.6 Å². The topological polar surface area (TPSA) is 84.9 Å². The van der Waals surface area contributed by atoms with Gasteiger partial charge in [0.1, 0.15) is 0 Å². The Bertz CT molecular complexity index is 821. The minimum atomic E-state index is 0.222. The van der Waals surface area contributed by atoms with E-state index in [1.165, 1.54) is 0 Å². The van der Waals surface area contributed by atoms with Gasteiger partial charge < -0.3 is 15.4 Å². The lowest BCUT2D eigenvalue weighted by Gasteiger charge is -2.13. The van der Waals surface area contributed by atoms with Gasteiger partial charge in [0.25, 0.3) is 0 Å². The number of nitrogens with zero attached hydrogens (tertiary/aromatic N) is 4. The lowest BCUT2D eigenvalue weighted by atomic mass is 10.2. The molecule has 0 radical (unpaired) electrons. The van der Waals surface area contributed by atoms with Crippen molar-refractivity contribution in [2.75, 3.05) is 23.8 Å². The van der Waals surface area contributed by atoms with Gasteiger partial charge in [0.05, 0.1) is 12.6 Å². The van der Waals surface area contributed by atoms with Crippen LogP contribution in [0.5, 0.6) is 0 Å². The summed E-state index contributed by atoms with van der Waals surface area (Å²) in [5, 5.41) is 6.54. The van der Waals surface area contributed by atoms with Crippen LogP contribution >= 0.6 is 0 Å². The highest BCUT2D eigenvalue weighted by atomic mass is 16.5. The second-order valence-electron chi connectivity index (χ2n) is 5.74. The Labute approximate surface area is 145 Å². The number of hydrogen-bond acceptors (Lipinski definition) is 7. The maximum atomic E-state index is 5.41. The molecule has 1 atom stereocenters. The van der Waals surface area contributed by atoms with Gasteiger partial charge >= 0.3 is 0 Å². The van der Waals surface area contributed by atoms with Crippen molar-refractivity contribution in [3.05, 3.63) is 54.9 Å². The molecule has 25 heavy (non-hydrogen) atoms. The molecule has 7 nitrogen and oxygen atoms in total. The third kappa shape index (κ3) is 3.89. The fourth-order valence-corrected chi connectivity index (χ4v) is 2.61. The first-order valence-corrected chi connectivity index (χ1v) is 8.20. The summed E-state index contributed by atoms with van der Waals surface area (Å²) in [7, 11) is 0. The standard InChI is InChI=1S/C18H18N6O/c1-2-4-13(5-3-1)16-22-17(20-14-6-9-19-10-7-14)24-18(23-16)21-15-8-11-25-12-15/h1-7,9-10,15H,8,11-12H2,(H2,19,20,21,22,23,24). The van der Waals surface area contributed by atoms with Gasteiger partial charge in [-0.3, -0.25) is 4.98 Å². The van der Waals surface area contributed by atoms with Crippen molar-refractivity contribution in [1.82, 2.24) is 19.9 Å². The number of rotatable bonds is 5. The van der Waals surface area contributed by atoms with Gasteiger partial charge in [-0.1, -0.05) is 30.3 Å². The number of ether oxygens (including phenoxy) is 1. The first-order valence-electron chi connectivity index (χ1n) is 8.20. The van der Waals surface area contributed by atoms with Gasteiger partial charge in [-0.25, -0.2) is 0 Å². The third-order valence-corrected chi connectivity index (χ3v) is 3.87. The van der Waals surface area contributed by atoms with E-state index < -0.39 is 0 Å². The predicted octanol–water partition coefficient (Wildman–Crippen LogP) is 2.88. The van der Waals surface area contributed by atoms with Crippen molar-refractivity contribution in [3.63, 3.8) is 0 Å². The molecule has 1 aliphatic rings. The number of hydrogen-bond donors (Lipinski definition) is 2. The molecular weight excluding hydrogens is 316 g/mol. The largest absolute Gasteiger partial charge is 0.379 e. The van der Waals surface area contributed by atoms with Gasteiger partial charge in [0.2, 0.25) is 11.9 Å². The maximum Gasteiger partial charge on any atom is 0.232 e. The minimum absolute atomic E-state index is 0.222. The second kappa shape index (κ2) is 7.23. The van der Waals surface area contributed by atoms with Crippen molar-refractivity contribution in [2.24, 2.45) is 0 Å². The molecule has 0 bridgehead atoms. The average molecular weight is 334 g/mol. The Morgan fingerprint density at radius 3 is 2.48 bits per heavy atom. The molecule has 3 aromatic rings. The molecular formula is C18H18N6O. The SMILES string of the molecule is c1ccc(-c2nc(Nc3ccncc3)nc(NC3CCOC3)n2)cc1. The Morgan fingerprint density at radius 1 is 0.920 bits per heavy atom. The summed E-state index contributed by atoms with van der Waals surface area (Å²) in [5.41, 5.74) is 1.81. The van der Waals surface area contributed by atoms with Crippen LogP contribution in [0.4, 0.5) is 17.6 Å². The minimum Gasteiger partial charge on any atom is -0.379 e. The highest BCUT2D eigenvalue weighted by Crippen LogP contribution is 2.20. The molecule has 1 fully saturated rings. The van der Waals surface area contributed by atoms with Crippen molar-refractivity contribution in [1.29, 1.82) is 0 Å². The van der Waals surface area contributed by atoms with Crippen molar-refractivity contribution in [2.45, 2.75) is 12.5 Å². The zero-order valence-corrected chi connectivity index (χ0v) is 13.6. The van der Waals surface area contributed by atoms with E-state index in [4.69, 9.17) is 4.74 Å². The highest BCUT2D eigenvalue weighted by molar-refractivity contribution is 5.60. The van der Waals surface area contributed by atoms with Gasteiger partial charge in [0, 0.05) is 30.3 Å². The van der Waals surface area contributed by atoms with E-state index in [9.17, 15) is 0 Å². The van der Waals surface area contributed by atoms with E-state index in [1.807, 2.05) is 42.5 Å². The molecule has 1 aromatic carbocycles. The van der Waals surface area contributed by atoms with E-state index in [-0.39, 0.29) is 6.04 Å². The Morgan fingerprint density at radius 2 is 1.72 bits per heavy atom. The molecule has 2 N–H and O–H groups in total. The van der Waals surface area contributed by atoms with Crippen LogP contribution in [0.25, 0.3) is 11.4 Å². The van der Waals surface area contributed by atoms with Gasteiger partial charge in [0.15, 0.2) is 5.82 Å². The summed E-state index contributed by atoms with van der Waals surface area (Å²) in [6, 6.07) is 13.8. The Kier molecular flexibility index (Phi) is 4.47. The summed E-state index contributed by atoms with van der Waals surface area (Å²) in [6.45, 7) is 1.43. The Hall–Kier alpha value is -3.06. The first-order chi connectivity index (χ1) is 12.4. The molecule has 2 aromatic heterocycles. The molecule has 7 heteroatoms. The molecule has 0 spiro atoms. The Balaban J connectivity index is 1.66. The van der Waals surface area contributed by atoms with Crippen LogP contribution in [0.15, 0.2) is 54.9 Å². The zero-order chi connectivity index (χ0) is 16.9. The molecule has 0 amide bonds. The molecule has 4 rings (SSSR count). The highest BCUT2D eigenvalue weighted by Gasteiger charge is 2.17. The number of nitrogens with one attached hydrogen (secondary N) is 2. The summed E-state index contributed by atoms with van der Waals surface area (Å²) in [4.78, 5) is 17.6. The van der Waals surface area contributed by atoms with E-state index in [0.717, 1.165) is 24.3 Å². The molecule has 1 aliphatic heterocycles. The third-order valence-electron chi connectivity index (χ3n) is 3.87. The second-order valence-corrected chi connectivity index (χ2v) is 5.74. The van der Waals surface area contributed by atoms with Crippen LogP contribution in [-0.4, -0.2) is 39.2 Å². The summed E-state index contributed by atoms with van der Waals surface area (Å²) < 4.78 is 5.41. The smallest absolute Gasteiger partial charge is 0.232 e. The normalized spacial score (nSPS) is 16.6. The van der Waals surface area contributed by atoms with Crippen LogP contribution in [-0.2, 0) is 4.74 Å². The maximum absolute atomic E-state index is 5.41. The van der Waals surface area contributed by atoms with E-state index in [0.29, 0.717) is 24.3 Å². The zero-order valence-electron chi connectivity index (χ0n) is 13.6. The van der Waals surface area contributed by atoms with Crippen LogP contribution in [0.1, 0.15) is 6.42 Å². The fourth-order valence-electron chi connectivity index (χ4n) is 2.61. The predicted molar refractivity (Wildman–Crippen MR) is 95.6 cm³/mol. The lowest BCUT2D eigenvalue weighted by molar-refractivity contribution is 0.195. The number of benzene rings is 1. The molecule has 0 saturated carbocycles. The molecule has 126 valence electrons. The summed E-state index contributed by atoms with van der Waals surface area (Å²) in [6.07, 6.45) is 4.38. The molecule has 0 aliphatic carbocycles.